The summed E-state index contributed by atoms with van der Waals surface area (Å²) in [5.74, 6) is 4.47. The molecule has 0 nitrogen and oxygen atoms in total. The molecular weight excluding hydrogens is 272 g/mol. The maximum atomic E-state index is 3.79. The minimum Gasteiger partial charge on any atom is -0.0891 e. The minimum absolute atomic E-state index is 0.838. The van der Waals surface area contributed by atoms with Crippen molar-refractivity contribution in [3.05, 3.63) is 0 Å². The van der Waals surface area contributed by atoms with E-state index in [4.69, 9.17) is 0 Å². The van der Waals surface area contributed by atoms with E-state index < -0.39 is 0 Å². The fourth-order valence-corrected chi connectivity index (χ4v) is 5.08. The first-order chi connectivity index (χ1) is 8.33. The Morgan fingerprint density at radius 3 is 1.18 bits per heavy atom. The molecule has 0 saturated heterocycles. The number of halogens is 1. The molecule has 0 aliphatic heterocycles. The van der Waals surface area contributed by atoms with Crippen molar-refractivity contribution in [2.45, 2.75) is 75.5 Å². The van der Waals surface area contributed by atoms with Crippen LogP contribution >= 0.6 is 15.9 Å². The second-order valence-corrected chi connectivity index (χ2v) is 8.17. The van der Waals surface area contributed by atoms with Crippen LogP contribution in [0.1, 0.15) is 70.6 Å². The Morgan fingerprint density at radius 2 is 0.824 bits per heavy atom. The molecule has 0 heterocycles. The molecule has 0 unspecified atom stereocenters. The minimum atomic E-state index is 0.838. The van der Waals surface area contributed by atoms with Crippen molar-refractivity contribution < 1.29 is 0 Å². The van der Waals surface area contributed by atoms with E-state index in [9.17, 15) is 0 Å². The predicted octanol–water partition coefficient (Wildman–Crippen LogP) is 5.55. The van der Waals surface area contributed by atoms with Crippen molar-refractivity contribution in [3.8, 4) is 0 Å². The van der Waals surface area contributed by atoms with Gasteiger partial charge in [0.2, 0.25) is 0 Å². The molecule has 0 aromatic rings. The highest BCUT2D eigenvalue weighted by Crippen LogP contribution is 2.46. The van der Waals surface area contributed by atoms with Gasteiger partial charge in [-0.15, -0.1) is 0 Å². The van der Waals surface area contributed by atoms with Gasteiger partial charge >= 0.3 is 0 Å². The van der Waals surface area contributed by atoms with Crippen molar-refractivity contribution in [2.24, 2.45) is 23.7 Å². The summed E-state index contributed by atoms with van der Waals surface area (Å²) in [5, 5.41) is 0. The van der Waals surface area contributed by atoms with Gasteiger partial charge in [0, 0.05) is 4.83 Å². The van der Waals surface area contributed by atoms with Gasteiger partial charge in [-0.1, -0.05) is 35.2 Å². The lowest BCUT2D eigenvalue weighted by Gasteiger charge is -2.41. The summed E-state index contributed by atoms with van der Waals surface area (Å²) < 4.78 is 0. The Balaban J connectivity index is 1.44. The largest absolute Gasteiger partial charge is 0.0891 e. The Kier molecular flexibility index (Phi) is 4.14. The maximum Gasteiger partial charge on any atom is 0.0146 e. The van der Waals surface area contributed by atoms with Crippen molar-refractivity contribution in [2.75, 3.05) is 0 Å². The molecule has 0 amide bonds. The highest BCUT2D eigenvalue weighted by atomic mass is 79.9. The first-order valence-electron chi connectivity index (χ1n) is 7.97. The molecule has 0 aromatic heterocycles. The zero-order valence-electron chi connectivity index (χ0n) is 11.0. The van der Waals surface area contributed by atoms with Gasteiger partial charge in [0.25, 0.3) is 0 Å². The van der Waals surface area contributed by atoms with E-state index in [1.54, 1.807) is 38.5 Å². The molecular formula is C16H27Br. The summed E-state index contributed by atoms with van der Waals surface area (Å²) in [6.45, 7) is 0. The highest BCUT2D eigenvalue weighted by Gasteiger charge is 2.34. The van der Waals surface area contributed by atoms with E-state index >= 15 is 0 Å². The summed E-state index contributed by atoms with van der Waals surface area (Å²) >= 11 is 3.79. The first-order valence-corrected chi connectivity index (χ1v) is 8.88. The summed E-state index contributed by atoms with van der Waals surface area (Å²) in [6.07, 6.45) is 16.8. The molecule has 3 aliphatic rings. The molecule has 0 N–H and O–H groups in total. The third-order valence-electron chi connectivity index (χ3n) is 6.00. The topological polar surface area (TPSA) is 0 Å². The van der Waals surface area contributed by atoms with Gasteiger partial charge in [-0.3, -0.25) is 0 Å². The van der Waals surface area contributed by atoms with Gasteiger partial charge in [0.05, 0.1) is 0 Å². The van der Waals surface area contributed by atoms with Crippen LogP contribution in [0.4, 0.5) is 0 Å². The molecule has 3 fully saturated rings. The average molecular weight is 299 g/mol. The van der Waals surface area contributed by atoms with Crippen LogP contribution in [0.3, 0.4) is 0 Å². The second-order valence-electron chi connectivity index (χ2n) is 6.88. The van der Waals surface area contributed by atoms with Crippen molar-refractivity contribution in [3.63, 3.8) is 0 Å². The quantitative estimate of drug-likeness (QED) is 0.587. The number of hydrogen-bond acceptors (Lipinski definition) is 0. The Bertz CT molecular complexity index is 230. The summed E-state index contributed by atoms with van der Waals surface area (Å²) in [5.41, 5.74) is 0. The third kappa shape index (κ3) is 2.91. The number of hydrogen-bond donors (Lipinski definition) is 0. The molecule has 0 spiro atoms. The second kappa shape index (κ2) is 5.63. The van der Waals surface area contributed by atoms with Crippen LogP contribution in [0.5, 0.6) is 0 Å². The van der Waals surface area contributed by atoms with E-state index in [0.29, 0.717) is 0 Å². The lowest BCUT2D eigenvalue weighted by atomic mass is 9.65. The van der Waals surface area contributed by atoms with Crippen LogP contribution in [0.25, 0.3) is 0 Å². The molecule has 0 atom stereocenters. The van der Waals surface area contributed by atoms with Gasteiger partial charge in [0.15, 0.2) is 0 Å². The molecule has 0 bridgehead atoms. The first kappa shape index (κ1) is 12.5. The van der Waals surface area contributed by atoms with Gasteiger partial charge in [-0.2, -0.15) is 0 Å². The molecule has 98 valence electrons. The van der Waals surface area contributed by atoms with Crippen LogP contribution in [-0.2, 0) is 0 Å². The molecule has 3 saturated carbocycles. The average Bonchev–Trinajstić information content (AvgIpc) is 2.29. The van der Waals surface area contributed by atoms with Gasteiger partial charge < -0.3 is 0 Å². The van der Waals surface area contributed by atoms with Crippen molar-refractivity contribution in [1.82, 2.24) is 0 Å². The van der Waals surface area contributed by atoms with Gasteiger partial charge in [0.1, 0.15) is 0 Å². The summed E-state index contributed by atoms with van der Waals surface area (Å²) in [7, 11) is 0. The Morgan fingerprint density at radius 1 is 0.471 bits per heavy atom. The molecule has 0 radical (unpaired) electrons. The normalized spacial score (nSPS) is 44.3. The van der Waals surface area contributed by atoms with Crippen LogP contribution < -0.4 is 0 Å². The Hall–Kier alpha value is 0.480. The third-order valence-corrected chi connectivity index (χ3v) is 6.92. The van der Waals surface area contributed by atoms with E-state index in [-0.39, 0.29) is 0 Å². The van der Waals surface area contributed by atoms with Crippen LogP contribution in [0, 0.1) is 23.7 Å². The SMILES string of the molecule is BrC1CCC(C2CCC(C3CCC3)CC2)CC1. The van der Waals surface area contributed by atoms with Crippen molar-refractivity contribution >= 4 is 15.9 Å². The Labute approximate surface area is 115 Å². The summed E-state index contributed by atoms with van der Waals surface area (Å²) in [6, 6.07) is 0. The molecule has 3 aliphatic carbocycles. The fourth-order valence-electron chi connectivity index (χ4n) is 4.55. The number of rotatable bonds is 2. The van der Waals surface area contributed by atoms with Crippen LogP contribution in [-0.4, -0.2) is 4.83 Å². The molecule has 0 aromatic carbocycles. The van der Waals surface area contributed by atoms with E-state index in [1.807, 2.05) is 0 Å². The monoisotopic (exact) mass is 298 g/mol. The highest BCUT2D eigenvalue weighted by molar-refractivity contribution is 9.09. The van der Waals surface area contributed by atoms with Crippen molar-refractivity contribution in [1.29, 1.82) is 0 Å². The van der Waals surface area contributed by atoms with E-state index in [1.165, 1.54) is 32.1 Å². The lowest BCUT2D eigenvalue weighted by molar-refractivity contribution is 0.106. The zero-order valence-corrected chi connectivity index (χ0v) is 12.6. The summed E-state index contributed by atoms with van der Waals surface area (Å²) in [4.78, 5) is 0.838. The molecule has 1 heteroatoms. The van der Waals surface area contributed by atoms with E-state index in [2.05, 4.69) is 15.9 Å². The van der Waals surface area contributed by atoms with Crippen LogP contribution in [0.2, 0.25) is 0 Å². The van der Waals surface area contributed by atoms with E-state index in [0.717, 1.165) is 28.5 Å². The molecule has 17 heavy (non-hydrogen) atoms. The fraction of sp³-hybridized carbons (Fsp3) is 1.00. The smallest absolute Gasteiger partial charge is 0.0146 e. The predicted molar refractivity (Wildman–Crippen MR) is 77.5 cm³/mol. The van der Waals surface area contributed by atoms with Gasteiger partial charge in [-0.05, 0) is 75.0 Å². The molecule has 3 rings (SSSR count). The standard InChI is InChI=1S/C16H27Br/c17-16-10-8-15(9-11-16)14-6-4-13(5-7-14)12-2-1-3-12/h12-16H,1-11H2. The maximum absolute atomic E-state index is 3.79. The lowest BCUT2D eigenvalue weighted by Crippen LogP contribution is -2.30. The zero-order chi connectivity index (χ0) is 11.7. The number of alkyl halides is 1. The van der Waals surface area contributed by atoms with Crippen LogP contribution in [0.15, 0.2) is 0 Å². The van der Waals surface area contributed by atoms with Gasteiger partial charge in [-0.25, -0.2) is 0 Å².